The van der Waals surface area contributed by atoms with Gasteiger partial charge in [-0.3, -0.25) is 4.21 Å². The molecule has 9 heteroatoms. The van der Waals surface area contributed by atoms with Gasteiger partial charge in [-0.1, -0.05) is 19.1 Å². The van der Waals surface area contributed by atoms with Gasteiger partial charge in [0.05, 0.1) is 0 Å². The minimum atomic E-state index is -2.97. The second kappa shape index (κ2) is 9.61. The standard InChI is InChI=1S/C29H41N7OS/c1-19-17-23(11-12-24(19)22-13-15-35(4)16-14-22)31-29-30-18-25-20(2)21(3)36(28(25)33-29)27-10-8-9-26(32-27)34-38(5,6,7)37/h8-12,17-18,20-22H,13-16H2,1-7H3,(H,30,31,33)(H,32,34,37)/t20-,21-/m1/s1. The molecule has 1 saturated heterocycles. The van der Waals surface area contributed by atoms with Crippen LogP contribution in [0.3, 0.4) is 0 Å². The number of benzene rings is 1. The van der Waals surface area contributed by atoms with Gasteiger partial charge in [-0.05, 0) is 97.4 Å². The number of nitrogens with zero attached hydrogens (tertiary/aromatic N) is 5. The number of likely N-dealkylation sites (tertiary alicyclic amines) is 1. The van der Waals surface area contributed by atoms with E-state index in [4.69, 9.17) is 9.97 Å². The van der Waals surface area contributed by atoms with E-state index in [2.05, 4.69) is 70.8 Å². The number of pyridine rings is 1. The van der Waals surface area contributed by atoms with Gasteiger partial charge in [0.1, 0.15) is 17.5 Å². The molecule has 0 amide bonds. The van der Waals surface area contributed by atoms with E-state index in [-0.39, 0.29) is 12.0 Å². The maximum absolute atomic E-state index is 12.9. The molecule has 2 aliphatic rings. The minimum Gasteiger partial charge on any atom is -0.324 e. The first-order valence-electron chi connectivity index (χ1n) is 13.4. The van der Waals surface area contributed by atoms with Crippen molar-refractivity contribution in [3.63, 3.8) is 0 Å². The monoisotopic (exact) mass is 535 g/mol. The van der Waals surface area contributed by atoms with E-state index in [1.54, 1.807) is 18.8 Å². The van der Waals surface area contributed by atoms with E-state index >= 15 is 0 Å². The fourth-order valence-electron chi connectivity index (χ4n) is 5.58. The van der Waals surface area contributed by atoms with Crippen LogP contribution in [0.5, 0.6) is 0 Å². The molecule has 38 heavy (non-hydrogen) atoms. The summed E-state index contributed by atoms with van der Waals surface area (Å²) in [6.45, 7) is 8.89. The average Bonchev–Trinajstić information content (AvgIpc) is 3.08. The maximum Gasteiger partial charge on any atom is 0.229 e. The third-order valence-electron chi connectivity index (χ3n) is 7.76. The van der Waals surface area contributed by atoms with Crippen molar-refractivity contribution < 1.29 is 4.21 Å². The lowest BCUT2D eigenvalue weighted by Crippen LogP contribution is -2.37. The van der Waals surface area contributed by atoms with E-state index in [0.29, 0.717) is 17.7 Å². The highest BCUT2D eigenvalue weighted by Crippen LogP contribution is 2.43. The normalized spacial score (nSPS) is 21.6. The fourth-order valence-corrected chi connectivity index (χ4v) is 6.41. The van der Waals surface area contributed by atoms with Crippen molar-refractivity contribution in [2.24, 2.45) is 0 Å². The molecule has 8 nitrogen and oxygen atoms in total. The van der Waals surface area contributed by atoms with E-state index in [1.165, 1.54) is 24.0 Å². The van der Waals surface area contributed by atoms with Crippen LogP contribution in [0, 0.1) is 6.92 Å². The van der Waals surface area contributed by atoms with Crippen LogP contribution in [-0.4, -0.2) is 69.0 Å². The first kappa shape index (κ1) is 26.6. The van der Waals surface area contributed by atoms with Crippen LogP contribution < -0.4 is 14.9 Å². The molecule has 3 aromatic rings. The molecule has 0 spiro atoms. The lowest BCUT2D eigenvalue weighted by Gasteiger charge is -2.31. The Morgan fingerprint density at radius 2 is 1.74 bits per heavy atom. The highest BCUT2D eigenvalue weighted by molar-refractivity contribution is 8.19. The van der Waals surface area contributed by atoms with Gasteiger partial charge in [-0.25, -0.2) is 9.97 Å². The summed E-state index contributed by atoms with van der Waals surface area (Å²) >= 11 is 0. The van der Waals surface area contributed by atoms with Crippen molar-refractivity contribution >= 4 is 38.3 Å². The van der Waals surface area contributed by atoms with E-state index in [9.17, 15) is 4.21 Å². The summed E-state index contributed by atoms with van der Waals surface area (Å²) in [6.07, 6.45) is 9.50. The molecule has 0 radical (unpaired) electrons. The molecular formula is C29H41N7OS. The Bertz CT molecular complexity index is 1400. The predicted molar refractivity (Wildman–Crippen MR) is 160 cm³/mol. The van der Waals surface area contributed by atoms with Crippen LogP contribution in [0.15, 0.2) is 42.6 Å². The number of nitrogens with one attached hydrogen (secondary N) is 2. The SMILES string of the molecule is Cc1cc(Nc2ncc3c(n2)N(c2cccc(NS(C)(C)(C)=O)n2)[C@H](C)[C@H]3C)ccc1C1CCN(C)CC1. The van der Waals surface area contributed by atoms with Crippen molar-refractivity contribution in [3.05, 3.63) is 59.3 Å². The summed E-state index contributed by atoms with van der Waals surface area (Å²) < 4.78 is 16.0. The second-order valence-corrected chi connectivity index (χ2v) is 17.1. The third-order valence-corrected chi connectivity index (χ3v) is 8.67. The second-order valence-electron chi connectivity index (χ2n) is 12.0. The molecule has 1 aromatic carbocycles. The third kappa shape index (κ3) is 5.68. The molecule has 0 unspecified atom stereocenters. The number of piperidine rings is 1. The number of aryl methyl sites for hydroxylation is 1. The molecule has 0 saturated carbocycles. The molecule has 204 valence electrons. The first-order chi connectivity index (χ1) is 17.8. The molecule has 5 rings (SSSR count). The molecule has 0 bridgehead atoms. The summed E-state index contributed by atoms with van der Waals surface area (Å²) in [5.41, 5.74) is 4.84. The van der Waals surface area contributed by atoms with Crippen LogP contribution in [-0.2, 0) is 9.25 Å². The fraction of sp³-hybridized carbons (Fsp3) is 0.483. The number of anilines is 5. The zero-order valence-electron chi connectivity index (χ0n) is 23.7. The van der Waals surface area contributed by atoms with Crippen LogP contribution in [0.2, 0.25) is 0 Å². The Kier molecular flexibility index (Phi) is 6.72. The van der Waals surface area contributed by atoms with Gasteiger partial charge in [0.2, 0.25) is 5.95 Å². The lowest BCUT2D eigenvalue weighted by atomic mass is 9.87. The highest BCUT2D eigenvalue weighted by atomic mass is 32.3. The van der Waals surface area contributed by atoms with Crippen molar-refractivity contribution in [2.45, 2.75) is 51.5 Å². The van der Waals surface area contributed by atoms with E-state index in [0.717, 1.165) is 36.0 Å². The summed E-state index contributed by atoms with van der Waals surface area (Å²) in [5, 5.41) is 3.43. The lowest BCUT2D eigenvalue weighted by molar-refractivity contribution is 0.255. The zero-order chi connectivity index (χ0) is 27.3. The van der Waals surface area contributed by atoms with Gasteiger partial charge in [-0.2, -0.15) is 4.98 Å². The number of fused-ring (bicyclic) bond motifs is 1. The number of rotatable bonds is 6. The minimum absolute atomic E-state index is 0.152. The average molecular weight is 536 g/mol. The Morgan fingerprint density at radius 3 is 2.42 bits per heavy atom. The predicted octanol–water partition coefficient (Wildman–Crippen LogP) is 5.41. The van der Waals surface area contributed by atoms with Crippen molar-refractivity contribution in [1.82, 2.24) is 19.9 Å². The van der Waals surface area contributed by atoms with Crippen LogP contribution in [0.1, 0.15) is 55.2 Å². The zero-order valence-corrected chi connectivity index (χ0v) is 24.5. The van der Waals surface area contributed by atoms with Crippen LogP contribution >= 0.6 is 0 Å². The number of aromatic nitrogens is 3. The summed E-state index contributed by atoms with van der Waals surface area (Å²) in [4.78, 5) is 19.0. The molecule has 2 aliphatic heterocycles. The summed E-state index contributed by atoms with van der Waals surface area (Å²) in [7, 11) is -0.770. The van der Waals surface area contributed by atoms with Gasteiger partial charge in [0.15, 0.2) is 0 Å². The van der Waals surface area contributed by atoms with Gasteiger partial charge in [0.25, 0.3) is 0 Å². The smallest absolute Gasteiger partial charge is 0.229 e. The van der Waals surface area contributed by atoms with Gasteiger partial charge in [-0.15, -0.1) is 0 Å². The molecular weight excluding hydrogens is 494 g/mol. The van der Waals surface area contributed by atoms with Gasteiger partial charge in [0, 0.05) is 48.2 Å². The van der Waals surface area contributed by atoms with E-state index < -0.39 is 9.25 Å². The van der Waals surface area contributed by atoms with E-state index in [1.807, 2.05) is 24.4 Å². The summed E-state index contributed by atoms with van der Waals surface area (Å²) in [6, 6.07) is 12.5. The molecule has 0 aliphatic carbocycles. The summed E-state index contributed by atoms with van der Waals surface area (Å²) in [5.74, 6) is 3.65. The molecule has 2 atom stereocenters. The van der Waals surface area contributed by atoms with Crippen LogP contribution in [0.25, 0.3) is 0 Å². The largest absolute Gasteiger partial charge is 0.324 e. The van der Waals surface area contributed by atoms with Crippen molar-refractivity contribution in [2.75, 3.05) is 53.8 Å². The van der Waals surface area contributed by atoms with Crippen molar-refractivity contribution in [1.29, 1.82) is 0 Å². The van der Waals surface area contributed by atoms with Gasteiger partial charge < -0.3 is 19.8 Å². The molecule has 2 N–H and O–H groups in total. The molecule has 1 fully saturated rings. The van der Waals surface area contributed by atoms with Crippen LogP contribution in [0.4, 0.5) is 29.1 Å². The topological polar surface area (TPSA) is 86.3 Å². The molecule has 2 aromatic heterocycles. The Morgan fingerprint density at radius 1 is 1.00 bits per heavy atom. The Balaban J connectivity index is 1.40. The molecule has 4 heterocycles. The number of hydrogen-bond donors (Lipinski definition) is 2. The first-order valence-corrected chi connectivity index (χ1v) is 16.6. The highest BCUT2D eigenvalue weighted by Gasteiger charge is 2.36. The van der Waals surface area contributed by atoms with Crippen molar-refractivity contribution in [3.8, 4) is 0 Å². The number of hydrogen-bond acceptors (Lipinski definition) is 7. The van der Waals surface area contributed by atoms with Gasteiger partial charge >= 0.3 is 0 Å². The quantitative estimate of drug-likeness (QED) is 0.436. The Hall–Kier alpha value is -3.04. The Labute approximate surface area is 226 Å². The maximum atomic E-state index is 12.9.